The molecule has 1 aliphatic heterocycles. The van der Waals surface area contributed by atoms with Crippen molar-refractivity contribution in [2.75, 3.05) is 20.3 Å². The van der Waals surface area contributed by atoms with E-state index in [9.17, 15) is 14.7 Å². The number of ether oxygens (including phenoxy) is 2. The van der Waals surface area contributed by atoms with Crippen LogP contribution in [0.2, 0.25) is 0 Å². The van der Waals surface area contributed by atoms with Gasteiger partial charge in [0.1, 0.15) is 11.5 Å². The molecule has 1 fully saturated rings. The first-order valence-corrected chi connectivity index (χ1v) is 7.73. The molecular weight excluding hydrogens is 298 g/mol. The SMILES string of the molecule is COc1ccc(OCC(=O)N2CCC[C@H](C(=O)O)[C@@H]2C)cc1C. The van der Waals surface area contributed by atoms with Crippen LogP contribution in [0, 0.1) is 12.8 Å². The summed E-state index contributed by atoms with van der Waals surface area (Å²) < 4.78 is 10.7. The van der Waals surface area contributed by atoms with Crippen LogP contribution in [-0.2, 0) is 9.59 Å². The van der Waals surface area contributed by atoms with Gasteiger partial charge in [-0.05, 0) is 50.5 Å². The number of carbonyl (C=O) groups excluding carboxylic acids is 1. The maximum atomic E-state index is 12.3. The van der Waals surface area contributed by atoms with Crippen molar-refractivity contribution in [3.63, 3.8) is 0 Å². The predicted molar refractivity (Wildman–Crippen MR) is 84.8 cm³/mol. The number of hydrogen-bond donors (Lipinski definition) is 1. The first kappa shape index (κ1) is 17.1. The molecular formula is C17H23NO5. The van der Waals surface area contributed by atoms with E-state index in [0.29, 0.717) is 25.1 Å². The van der Waals surface area contributed by atoms with Gasteiger partial charge in [-0.3, -0.25) is 9.59 Å². The summed E-state index contributed by atoms with van der Waals surface area (Å²) in [7, 11) is 1.60. The van der Waals surface area contributed by atoms with E-state index in [4.69, 9.17) is 9.47 Å². The normalized spacial score (nSPS) is 20.9. The summed E-state index contributed by atoms with van der Waals surface area (Å²) in [6, 6.07) is 5.04. The lowest BCUT2D eigenvalue weighted by Crippen LogP contribution is -2.50. The third-order valence-corrected chi connectivity index (χ3v) is 4.35. The molecule has 1 amide bonds. The van der Waals surface area contributed by atoms with Crippen molar-refractivity contribution in [3.05, 3.63) is 23.8 Å². The fourth-order valence-electron chi connectivity index (χ4n) is 2.99. The van der Waals surface area contributed by atoms with Crippen LogP contribution in [0.25, 0.3) is 0 Å². The largest absolute Gasteiger partial charge is 0.496 e. The molecule has 6 nitrogen and oxygen atoms in total. The molecule has 1 aliphatic rings. The van der Waals surface area contributed by atoms with Crippen LogP contribution in [0.15, 0.2) is 18.2 Å². The summed E-state index contributed by atoms with van der Waals surface area (Å²) in [6.45, 7) is 4.17. The number of carbonyl (C=O) groups is 2. The number of methoxy groups -OCH3 is 1. The van der Waals surface area contributed by atoms with Gasteiger partial charge in [0.05, 0.1) is 13.0 Å². The van der Waals surface area contributed by atoms with Gasteiger partial charge in [-0.15, -0.1) is 0 Å². The predicted octanol–water partition coefficient (Wildman–Crippen LogP) is 2.09. The summed E-state index contributed by atoms with van der Waals surface area (Å²) in [6.07, 6.45) is 1.31. The molecule has 0 spiro atoms. The Balaban J connectivity index is 1.96. The maximum absolute atomic E-state index is 12.3. The summed E-state index contributed by atoms with van der Waals surface area (Å²) >= 11 is 0. The van der Waals surface area contributed by atoms with Crippen LogP contribution in [0.4, 0.5) is 0 Å². The van der Waals surface area contributed by atoms with Crippen molar-refractivity contribution in [1.29, 1.82) is 0 Å². The maximum Gasteiger partial charge on any atom is 0.308 e. The zero-order chi connectivity index (χ0) is 17.0. The molecule has 23 heavy (non-hydrogen) atoms. The Hall–Kier alpha value is -2.24. The molecule has 2 atom stereocenters. The number of amides is 1. The molecule has 6 heteroatoms. The van der Waals surface area contributed by atoms with Crippen LogP contribution in [-0.4, -0.2) is 48.2 Å². The second-order valence-electron chi connectivity index (χ2n) is 5.83. The van der Waals surface area contributed by atoms with E-state index in [1.165, 1.54) is 0 Å². The molecule has 1 heterocycles. The molecule has 0 aromatic heterocycles. The number of nitrogens with zero attached hydrogens (tertiary/aromatic N) is 1. The van der Waals surface area contributed by atoms with Crippen molar-refractivity contribution in [2.24, 2.45) is 5.92 Å². The van der Waals surface area contributed by atoms with Crippen LogP contribution in [0.5, 0.6) is 11.5 Å². The number of benzene rings is 1. The van der Waals surface area contributed by atoms with E-state index in [2.05, 4.69) is 0 Å². The molecule has 0 saturated carbocycles. The zero-order valence-corrected chi connectivity index (χ0v) is 13.7. The molecule has 0 unspecified atom stereocenters. The summed E-state index contributed by atoms with van der Waals surface area (Å²) in [4.78, 5) is 25.2. The van der Waals surface area contributed by atoms with Gasteiger partial charge in [-0.25, -0.2) is 0 Å². The second kappa shape index (κ2) is 7.35. The van der Waals surface area contributed by atoms with E-state index < -0.39 is 11.9 Å². The van der Waals surface area contributed by atoms with E-state index in [0.717, 1.165) is 11.3 Å². The highest BCUT2D eigenvalue weighted by Crippen LogP contribution is 2.25. The molecule has 0 radical (unpaired) electrons. The zero-order valence-electron chi connectivity index (χ0n) is 13.7. The molecule has 1 aromatic rings. The minimum Gasteiger partial charge on any atom is -0.496 e. The van der Waals surface area contributed by atoms with Crippen LogP contribution in [0.1, 0.15) is 25.3 Å². The van der Waals surface area contributed by atoms with Gasteiger partial charge < -0.3 is 19.5 Å². The lowest BCUT2D eigenvalue weighted by Gasteiger charge is -2.37. The van der Waals surface area contributed by atoms with Gasteiger partial charge in [0.15, 0.2) is 6.61 Å². The van der Waals surface area contributed by atoms with E-state index in [-0.39, 0.29) is 18.6 Å². The van der Waals surface area contributed by atoms with Crippen molar-refractivity contribution < 1.29 is 24.2 Å². The molecule has 0 bridgehead atoms. The Bertz CT molecular complexity index is 586. The fourth-order valence-corrected chi connectivity index (χ4v) is 2.99. The Morgan fingerprint density at radius 1 is 1.39 bits per heavy atom. The van der Waals surface area contributed by atoms with E-state index in [1.54, 1.807) is 31.1 Å². The summed E-state index contributed by atoms with van der Waals surface area (Å²) in [5.74, 6) is -0.178. The van der Waals surface area contributed by atoms with Crippen molar-refractivity contribution in [2.45, 2.75) is 32.7 Å². The molecule has 2 rings (SSSR count). The number of aliphatic carboxylic acids is 1. The highest BCUT2D eigenvalue weighted by molar-refractivity contribution is 5.80. The number of rotatable bonds is 5. The first-order valence-electron chi connectivity index (χ1n) is 7.73. The summed E-state index contributed by atoms with van der Waals surface area (Å²) in [5, 5.41) is 9.21. The average molecular weight is 321 g/mol. The quantitative estimate of drug-likeness (QED) is 0.899. The third-order valence-electron chi connectivity index (χ3n) is 4.35. The molecule has 1 N–H and O–H groups in total. The van der Waals surface area contributed by atoms with Gasteiger partial charge in [0, 0.05) is 12.6 Å². The van der Waals surface area contributed by atoms with E-state index in [1.807, 2.05) is 13.0 Å². The highest BCUT2D eigenvalue weighted by Gasteiger charge is 2.35. The molecule has 1 saturated heterocycles. The van der Waals surface area contributed by atoms with Crippen molar-refractivity contribution in [3.8, 4) is 11.5 Å². The van der Waals surface area contributed by atoms with Crippen LogP contribution >= 0.6 is 0 Å². The molecule has 1 aromatic carbocycles. The second-order valence-corrected chi connectivity index (χ2v) is 5.83. The minimum absolute atomic E-state index is 0.0948. The Morgan fingerprint density at radius 3 is 2.74 bits per heavy atom. The smallest absolute Gasteiger partial charge is 0.308 e. The number of hydrogen-bond acceptors (Lipinski definition) is 4. The fraction of sp³-hybridized carbons (Fsp3) is 0.529. The lowest BCUT2D eigenvalue weighted by atomic mass is 9.90. The van der Waals surface area contributed by atoms with Crippen LogP contribution in [0.3, 0.4) is 0 Å². The Labute approximate surface area is 136 Å². The third kappa shape index (κ3) is 3.94. The van der Waals surface area contributed by atoms with Crippen LogP contribution < -0.4 is 9.47 Å². The van der Waals surface area contributed by atoms with Gasteiger partial charge in [-0.1, -0.05) is 0 Å². The number of likely N-dealkylation sites (tertiary alicyclic amines) is 1. The van der Waals surface area contributed by atoms with E-state index >= 15 is 0 Å². The first-order chi connectivity index (χ1) is 10.9. The number of aryl methyl sites for hydroxylation is 1. The number of carboxylic acid groups (broad SMARTS) is 1. The standard InChI is InChI=1S/C17H23NO5/c1-11-9-13(6-7-15(11)22-3)23-10-16(19)18-8-4-5-14(12(18)2)17(20)21/h6-7,9,12,14H,4-5,8,10H2,1-3H3,(H,20,21)/t12-,14-/m0/s1. The highest BCUT2D eigenvalue weighted by atomic mass is 16.5. The number of piperidine rings is 1. The monoisotopic (exact) mass is 321 g/mol. The lowest BCUT2D eigenvalue weighted by molar-refractivity contribution is -0.149. The van der Waals surface area contributed by atoms with Gasteiger partial charge in [-0.2, -0.15) is 0 Å². The summed E-state index contributed by atoms with van der Waals surface area (Å²) in [5.41, 5.74) is 0.926. The van der Waals surface area contributed by atoms with Crippen molar-refractivity contribution >= 4 is 11.9 Å². The van der Waals surface area contributed by atoms with Gasteiger partial charge >= 0.3 is 5.97 Å². The Kier molecular flexibility index (Phi) is 5.47. The average Bonchev–Trinajstić information content (AvgIpc) is 2.52. The Morgan fingerprint density at radius 2 is 2.13 bits per heavy atom. The number of carboxylic acids is 1. The topological polar surface area (TPSA) is 76.1 Å². The molecule has 126 valence electrons. The van der Waals surface area contributed by atoms with Crippen molar-refractivity contribution in [1.82, 2.24) is 4.90 Å². The van der Waals surface area contributed by atoms with Gasteiger partial charge in [0.2, 0.25) is 0 Å². The molecule has 0 aliphatic carbocycles. The van der Waals surface area contributed by atoms with Gasteiger partial charge in [0.25, 0.3) is 5.91 Å². The minimum atomic E-state index is -0.846.